The van der Waals surface area contributed by atoms with E-state index in [4.69, 9.17) is 9.26 Å². The number of ether oxygens (including phenoxy) is 1. The lowest BCUT2D eigenvalue weighted by Crippen LogP contribution is -2.52. The molecule has 1 aromatic heterocycles. The Morgan fingerprint density at radius 1 is 1.62 bits per heavy atom. The SMILES string of the molecule is Cc1cc(NC(=O)[C@H](C)N2CCO[C@H](CN(C)C)C2)on1. The number of carbonyl (C=O) groups excluding carboxylic acids is 1. The van der Waals surface area contributed by atoms with Crippen LogP contribution < -0.4 is 5.32 Å². The Bertz CT molecular complexity index is 475. The van der Waals surface area contributed by atoms with Crippen molar-refractivity contribution in [2.45, 2.75) is 26.0 Å². The number of morpholine rings is 1. The van der Waals surface area contributed by atoms with Crippen LogP contribution in [0.1, 0.15) is 12.6 Å². The molecule has 1 amide bonds. The lowest BCUT2D eigenvalue weighted by molar-refractivity contribution is -0.124. The van der Waals surface area contributed by atoms with Gasteiger partial charge in [-0.15, -0.1) is 0 Å². The summed E-state index contributed by atoms with van der Waals surface area (Å²) in [5.41, 5.74) is 0.746. The topological polar surface area (TPSA) is 70.8 Å². The van der Waals surface area contributed by atoms with E-state index in [0.29, 0.717) is 12.5 Å². The summed E-state index contributed by atoms with van der Waals surface area (Å²) in [5.74, 6) is 0.305. The second-order valence-electron chi connectivity index (χ2n) is 5.75. The first-order valence-corrected chi connectivity index (χ1v) is 7.20. The molecule has 0 aromatic carbocycles. The third kappa shape index (κ3) is 4.52. The van der Waals surface area contributed by atoms with Crippen molar-refractivity contribution in [3.8, 4) is 0 Å². The fourth-order valence-electron chi connectivity index (χ4n) is 2.43. The Balaban J connectivity index is 1.89. The van der Waals surface area contributed by atoms with Gasteiger partial charge in [-0.25, -0.2) is 0 Å². The Kier molecular flexibility index (Phi) is 5.33. The third-order valence-electron chi connectivity index (χ3n) is 3.54. The maximum atomic E-state index is 12.3. The summed E-state index contributed by atoms with van der Waals surface area (Å²) in [5, 5.41) is 6.51. The number of nitrogens with zero attached hydrogens (tertiary/aromatic N) is 3. The van der Waals surface area contributed by atoms with Crippen LogP contribution in [0.3, 0.4) is 0 Å². The molecule has 2 atom stereocenters. The molecule has 1 saturated heterocycles. The molecular formula is C14H24N4O3. The minimum absolute atomic E-state index is 0.0864. The predicted molar refractivity (Wildman–Crippen MR) is 79.2 cm³/mol. The van der Waals surface area contributed by atoms with Crippen molar-refractivity contribution in [3.05, 3.63) is 11.8 Å². The number of aromatic nitrogens is 1. The minimum atomic E-state index is -0.232. The van der Waals surface area contributed by atoms with Crippen LogP contribution in [0, 0.1) is 6.92 Å². The van der Waals surface area contributed by atoms with Crippen LogP contribution in [-0.4, -0.2) is 73.3 Å². The van der Waals surface area contributed by atoms with Gasteiger partial charge in [0.25, 0.3) is 0 Å². The Labute approximate surface area is 125 Å². The standard InChI is InChI=1S/C14H24N4O3/c1-10-7-13(21-16-10)15-14(19)11(2)18-5-6-20-12(9-18)8-17(3)4/h7,11-12H,5-6,8-9H2,1-4H3,(H,15,19)/t11-,12+/m0/s1. The van der Waals surface area contributed by atoms with E-state index in [9.17, 15) is 4.79 Å². The van der Waals surface area contributed by atoms with E-state index >= 15 is 0 Å². The quantitative estimate of drug-likeness (QED) is 0.857. The van der Waals surface area contributed by atoms with Crippen LogP contribution in [0.4, 0.5) is 5.88 Å². The molecule has 2 heterocycles. The largest absolute Gasteiger partial charge is 0.374 e. The molecule has 21 heavy (non-hydrogen) atoms. The number of amides is 1. The van der Waals surface area contributed by atoms with Crippen molar-refractivity contribution in [2.24, 2.45) is 0 Å². The van der Waals surface area contributed by atoms with Gasteiger partial charge >= 0.3 is 0 Å². The smallest absolute Gasteiger partial charge is 0.243 e. The van der Waals surface area contributed by atoms with Crippen LogP contribution in [0.15, 0.2) is 10.6 Å². The highest BCUT2D eigenvalue weighted by molar-refractivity contribution is 5.93. The van der Waals surface area contributed by atoms with Crippen LogP contribution >= 0.6 is 0 Å². The summed E-state index contributed by atoms with van der Waals surface area (Å²) in [6.45, 7) is 6.73. The Morgan fingerprint density at radius 3 is 3.00 bits per heavy atom. The number of rotatable bonds is 5. The first-order chi connectivity index (χ1) is 9.95. The van der Waals surface area contributed by atoms with Gasteiger partial charge in [-0.05, 0) is 27.9 Å². The van der Waals surface area contributed by atoms with E-state index in [-0.39, 0.29) is 18.1 Å². The summed E-state index contributed by atoms with van der Waals surface area (Å²) >= 11 is 0. The Hall–Kier alpha value is -1.44. The normalized spacial score (nSPS) is 21.5. The molecule has 0 radical (unpaired) electrons. The van der Waals surface area contributed by atoms with Crippen LogP contribution in [0.2, 0.25) is 0 Å². The zero-order valence-electron chi connectivity index (χ0n) is 13.1. The predicted octanol–water partition coefficient (Wildman–Crippen LogP) is 0.572. The van der Waals surface area contributed by atoms with Gasteiger partial charge in [-0.3, -0.25) is 15.0 Å². The number of carbonyl (C=O) groups is 1. The number of likely N-dealkylation sites (N-methyl/N-ethyl adjacent to an activating group) is 1. The number of aryl methyl sites for hydroxylation is 1. The van der Waals surface area contributed by atoms with Crippen LogP contribution in [0.25, 0.3) is 0 Å². The second kappa shape index (κ2) is 7.02. The van der Waals surface area contributed by atoms with E-state index < -0.39 is 0 Å². The van der Waals surface area contributed by atoms with Gasteiger partial charge in [0.05, 0.1) is 24.4 Å². The molecule has 0 unspecified atom stereocenters. The fraction of sp³-hybridized carbons (Fsp3) is 0.714. The molecule has 1 fully saturated rings. The van der Waals surface area contributed by atoms with Gasteiger partial charge in [-0.2, -0.15) is 0 Å². The van der Waals surface area contributed by atoms with Crippen molar-refractivity contribution >= 4 is 11.8 Å². The zero-order valence-corrected chi connectivity index (χ0v) is 13.1. The molecule has 7 heteroatoms. The van der Waals surface area contributed by atoms with Crippen LogP contribution in [-0.2, 0) is 9.53 Å². The molecule has 0 saturated carbocycles. The van der Waals surface area contributed by atoms with Crippen molar-refractivity contribution in [2.75, 3.05) is 45.7 Å². The molecule has 1 aliphatic heterocycles. The van der Waals surface area contributed by atoms with Gasteiger partial charge in [-0.1, -0.05) is 5.16 Å². The summed E-state index contributed by atoms with van der Waals surface area (Å²) < 4.78 is 10.7. The molecule has 118 valence electrons. The van der Waals surface area contributed by atoms with E-state index in [1.165, 1.54) is 0 Å². The van der Waals surface area contributed by atoms with Crippen molar-refractivity contribution < 1.29 is 14.1 Å². The van der Waals surface area contributed by atoms with Gasteiger partial charge in [0, 0.05) is 25.7 Å². The zero-order chi connectivity index (χ0) is 15.4. The molecular weight excluding hydrogens is 272 g/mol. The monoisotopic (exact) mass is 296 g/mol. The summed E-state index contributed by atoms with van der Waals surface area (Å²) in [7, 11) is 4.04. The molecule has 1 N–H and O–H groups in total. The summed E-state index contributed by atoms with van der Waals surface area (Å²) in [6, 6.07) is 1.47. The first kappa shape index (κ1) is 15.9. The minimum Gasteiger partial charge on any atom is -0.374 e. The maximum absolute atomic E-state index is 12.3. The average molecular weight is 296 g/mol. The molecule has 1 aromatic rings. The van der Waals surface area contributed by atoms with E-state index in [1.807, 2.05) is 27.9 Å². The lowest BCUT2D eigenvalue weighted by atomic mass is 10.2. The van der Waals surface area contributed by atoms with Crippen LogP contribution in [0.5, 0.6) is 0 Å². The van der Waals surface area contributed by atoms with Gasteiger partial charge < -0.3 is 14.2 Å². The second-order valence-corrected chi connectivity index (χ2v) is 5.75. The molecule has 0 aliphatic carbocycles. The van der Waals surface area contributed by atoms with Crippen molar-refractivity contribution in [3.63, 3.8) is 0 Å². The summed E-state index contributed by atoms with van der Waals surface area (Å²) in [4.78, 5) is 16.5. The van der Waals surface area contributed by atoms with E-state index in [1.54, 1.807) is 6.07 Å². The molecule has 0 spiro atoms. The first-order valence-electron chi connectivity index (χ1n) is 7.20. The molecule has 2 rings (SSSR count). The van der Waals surface area contributed by atoms with Crippen molar-refractivity contribution in [1.29, 1.82) is 0 Å². The highest BCUT2D eigenvalue weighted by atomic mass is 16.5. The highest BCUT2D eigenvalue weighted by Crippen LogP contribution is 2.13. The lowest BCUT2D eigenvalue weighted by Gasteiger charge is -2.36. The maximum Gasteiger partial charge on any atom is 0.243 e. The van der Waals surface area contributed by atoms with Gasteiger partial charge in [0.2, 0.25) is 11.8 Å². The van der Waals surface area contributed by atoms with Gasteiger partial charge in [0.15, 0.2) is 0 Å². The number of nitrogens with one attached hydrogen (secondary N) is 1. The summed E-state index contributed by atoms with van der Waals surface area (Å²) in [6.07, 6.45) is 0.136. The van der Waals surface area contributed by atoms with E-state index in [2.05, 4.69) is 20.3 Å². The molecule has 7 nitrogen and oxygen atoms in total. The van der Waals surface area contributed by atoms with E-state index in [0.717, 1.165) is 25.3 Å². The number of anilines is 1. The third-order valence-corrected chi connectivity index (χ3v) is 3.54. The Morgan fingerprint density at radius 2 is 2.38 bits per heavy atom. The molecule has 1 aliphatic rings. The van der Waals surface area contributed by atoms with Gasteiger partial charge in [0.1, 0.15) is 0 Å². The average Bonchev–Trinajstić information content (AvgIpc) is 2.82. The van der Waals surface area contributed by atoms with Crippen molar-refractivity contribution in [1.82, 2.24) is 15.0 Å². The molecule has 0 bridgehead atoms. The number of hydrogen-bond acceptors (Lipinski definition) is 6. The highest BCUT2D eigenvalue weighted by Gasteiger charge is 2.28. The number of hydrogen-bond donors (Lipinski definition) is 1. The fourth-order valence-corrected chi connectivity index (χ4v) is 2.43.